The number of rotatable bonds is 4. The maximum absolute atomic E-state index is 10.7. The molecule has 0 saturated heterocycles. The highest BCUT2D eigenvalue weighted by Crippen LogP contribution is 2.59. The summed E-state index contributed by atoms with van der Waals surface area (Å²) in [6.45, 7) is 4.09. The van der Waals surface area contributed by atoms with Gasteiger partial charge in [-0.3, -0.25) is 4.79 Å². The van der Waals surface area contributed by atoms with E-state index in [2.05, 4.69) is 19.1 Å². The van der Waals surface area contributed by atoms with Gasteiger partial charge in [-0.25, -0.2) is 0 Å². The molecule has 2 aliphatic rings. The normalized spacial score (nSPS) is 28.3. The molecule has 128 valence electrons. The summed E-state index contributed by atoms with van der Waals surface area (Å²) in [6.07, 6.45) is 5.02. The number of carboxylic acids is 1. The molecule has 0 heterocycles. The van der Waals surface area contributed by atoms with Crippen LogP contribution in [0.5, 0.6) is 0 Å². The van der Waals surface area contributed by atoms with E-state index in [4.69, 9.17) is 16.1 Å². The second kappa shape index (κ2) is 7.63. The quantitative estimate of drug-likeness (QED) is 0.817. The largest absolute Gasteiger partial charge is 0.481 e. The standard InChI is InChI=1S/C12H15NO2.C8H11N/c1-2-8-3-9-5-12(7-13,6-11(14)15)10(9)4-8;1-7(9)8-5-3-2-4-6-8/h4,9-10H,2-3,5-6H2,1H3,(H,14,15);2-7H,9H2,1H3/t9-,10-,12-;7-/m10/s1. The van der Waals surface area contributed by atoms with E-state index in [-0.39, 0.29) is 18.4 Å². The summed E-state index contributed by atoms with van der Waals surface area (Å²) in [5.74, 6) is -0.110. The van der Waals surface area contributed by atoms with Crippen molar-refractivity contribution in [3.8, 4) is 6.07 Å². The average Bonchev–Trinajstić information content (AvgIpc) is 2.91. The van der Waals surface area contributed by atoms with E-state index in [1.54, 1.807) is 0 Å². The molecule has 0 spiro atoms. The fourth-order valence-corrected chi connectivity index (χ4v) is 3.81. The first-order chi connectivity index (χ1) is 11.4. The van der Waals surface area contributed by atoms with Gasteiger partial charge in [0, 0.05) is 6.04 Å². The molecule has 1 saturated carbocycles. The zero-order valence-corrected chi connectivity index (χ0v) is 14.4. The highest BCUT2D eigenvalue weighted by molar-refractivity contribution is 5.69. The zero-order valence-electron chi connectivity index (χ0n) is 14.4. The molecule has 1 aromatic rings. The molecular weight excluding hydrogens is 300 g/mol. The minimum absolute atomic E-state index is 0.00182. The van der Waals surface area contributed by atoms with Crippen LogP contribution in [0.4, 0.5) is 0 Å². The summed E-state index contributed by atoms with van der Waals surface area (Å²) in [5, 5.41) is 18.0. The maximum atomic E-state index is 10.7. The topological polar surface area (TPSA) is 87.1 Å². The first kappa shape index (κ1) is 18.2. The molecule has 1 aromatic carbocycles. The van der Waals surface area contributed by atoms with Gasteiger partial charge in [0.05, 0.1) is 17.9 Å². The third kappa shape index (κ3) is 3.85. The minimum Gasteiger partial charge on any atom is -0.481 e. The molecule has 0 bridgehead atoms. The Bertz CT molecular complexity index is 645. The molecule has 24 heavy (non-hydrogen) atoms. The summed E-state index contributed by atoms with van der Waals surface area (Å²) in [6, 6.07) is 12.4. The molecule has 2 aliphatic carbocycles. The van der Waals surface area contributed by atoms with Crippen molar-refractivity contribution in [2.45, 2.75) is 45.6 Å². The Morgan fingerprint density at radius 3 is 2.58 bits per heavy atom. The second-order valence-corrected chi connectivity index (χ2v) is 6.91. The number of hydrogen-bond acceptors (Lipinski definition) is 3. The van der Waals surface area contributed by atoms with E-state index in [0.717, 1.165) is 19.3 Å². The predicted molar refractivity (Wildman–Crippen MR) is 93.9 cm³/mol. The molecule has 1 fully saturated rings. The Morgan fingerprint density at radius 1 is 1.46 bits per heavy atom. The van der Waals surface area contributed by atoms with Crippen LogP contribution >= 0.6 is 0 Å². The Morgan fingerprint density at radius 2 is 2.12 bits per heavy atom. The summed E-state index contributed by atoms with van der Waals surface area (Å²) in [4.78, 5) is 10.7. The van der Waals surface area contributed by atoms with Gasteiger partial charge in [0.2, 0.25) is 0 Å². The molecule has 3 N–H and O–H groups in total. The van der Waals surface area contributed by atoms with Crippen LogP contribution in [0.3, 0.4) is 0 Å². The van der Waals surface area contributed by atoms with Crippen molar-refractivity contribution in [3.63, 3.8) is 0 Å². The van der Waals surface area contributed by atoms with Crippen molar-refractivity contribution in [3.05, 3.63) is 47.5 Å². The van der Waals surface area contributed by atoms with E-state index in [9.17, 15) is 4.79 Å². The number of nitrogens with two attached hydrogens (primary N) is 1. The highest BCUT2D eigenvalue weighted by atomic mass is 16.4. The predicted octanol–water partition coefficient (Wildman–Crippen LogP) is 4.05. The number of benzene rings is 1. The van der Waals surface area contributed by atoms with Crippen molar-refractivity contribution in [1.82, 2.24) is 0 Å². The van der Waals surface area contributed by atoms with Crippen LogP contribution in [0.2, 0.25) is 0 Å². The number of nitrogens with zero attached hydrogens (tertiary/aromatic N) is 1. The Balaban J connectivity index is 0.000000198. The van der Waals surface area contributed by atoms with Crippen LogP contribution in [0.1, 0.15) is 51.1 Å². The molecule has 4 heteroatoms. The van der Waals surface area contributed by atoms with Crippen LogP contribution in [0, 0.1) is 28.6 Å². The van der Waals surface area contributed by atoms with E-state index < -0.39 is 11.4 Å². The maximum Gasteiger partial charge on any atom is 0.304 e. The lowest BCUT2D eigenvalue weighted by atomic mass is 9.54. The van der Waals surface area contributed by atoms with Crippen molar-refractivity contribution < 1.29 is 9.90 Å². The van der Waals surface area contributed by atoms with Gasteiger partial charge in [-0.1, -0.05) is 48.9 Å². The third-order valence-corrected chi connectivity index (χ3v) is 5.18. The first-order valence-corrected chi connectivity index (χ1v) is 8.55. The molecule has 0 unspecified atom stereocenters. The zero-order chi connectivity index (χ0) is 17.7. The van der Waals surface area contributed by atoms with Gasteiger partial charge < -0.3 is 10.8 Å². The van der Waals surface area contributed by atoms with E-state index in [0.29, 0.717) is 5.92 Å². The summed E-state index contributed by atoms with van der Waals surface area (Å²) >= 11 is 0. The van der Waals surface area contributed by atoms with E-state index in [1.165, 1.54) is 11.1 Å². The first-order valence-electron chi connectivity index (χ1n) is 8.55. The molecule has 4 nitrogen and oxygen atoms in total. The van der Waals surface area contributed by atoms with Crippen LogP contribution in [0.15, 0.2) is 42.0 Å². The number of fused-ring (bicyclic) bond motifs is 1. The Labute approximate surface area is 144 Å². The Hall–Kier alpha value is -2.12. The molecule has 3 rings (SSSR count). The van der Waals surface area contributed by atoms with Crippen molar-refractivity contribution in [1.29, 1.82) is 5.26 Å². The smallest absolute Gasteiger partial charge is 0.304 e. The lowest BCUT2D eigenvalue weighted by molar-refractivity contribution is -0.142. The van der Waals surface area contributed by atoms with Gasteiger partial charge in [0.25, 0.3) is 0 Å². The van der Waals surface area contributed by atoms with Gasteiger partial charge in [0.15, 0.2) is 0 Å². The number of carbonyl (C=O) groups is 1. The summed E-state index contributed by atoms with van der Waals surface area (Å²) in [5.41, 5.74) is 7.60. The molecule has 0 aliphatic heterocycles. The fraction of sp³-hybridized carbons (Fsp3) is 0.500. The second-order valence-electron chi connectivity index (χ2n) is 6.91. The van der Waals surface area contributed by atoms with Gasteiger partial charge in [0.1, 0.15) is 0 Å². The molecule has 0 radical (unpaired) electrons. The molecule has 0 aromatic heterocycles. The fourth-order valence-electron chi connectivity index (χ4n) is 3.81. The number of nitriles is 1. The number of carboxylic acid groups (broad SMARTS) is 1. The van der Waals surface area contributed by atoms with Crippen LogP contribution in [0.25, 0.3) is 0 Å². The number of hydrogen-bond donors (Lipinski definition) is 2. The van der Waals surface area contributed by atoms with Crippen molar-refractivity contribution >= 4 is 5.97 Å². The van der Waals surface area contributed by atoms with Crippen LogP contribution < -0.4 is 5.73 Å². The molecule has 0 amide bonds. The number of aliphatic carboxylic acids is 1. The van der Waals surface area contributed by atoms with E-state index >= 15 is 0 Å². The van der Waals surface area contributed by atoms with Crippen LogP contribution in [-0.4, -0.2) is 11.1 Å². The number of allylic oxidation sites excluding steroid dienone is 2. The van der Waals surface area contributed by atoms with Crippen LogP contribution in [-0.2, 0) is 4.79 Å². The SMILES string of the molecule is CCC1=C[C@@H]2[C@H](C1)C[C@]2(C#N)CC(=O)O.C[C@H](N)c1ccccc1. The van der Waals surface area contributed by atoms with Crippen molar-refractivity contribution in [2.24, 2.45) is 23.0 Å². The summed E-state index contributed by atoms with van der Waals surface area (Å²) < 4.78 is 0. The van der Waals surface area contributed by atoms with Gasteiger partial charge in [-0.05, 0) is 43.6 Å². The van der Waals surface area contributed by atoms with Gasteiger partial charge in [-0.2, -0.15) is 5.26 Å². The minimum atomic E-state index is -0.853. The van der Waals surface area contributed by atoms with Crippen molar-refractivity contribution in [2.75, 3.05) is 0 Å². The van der Waals surface area contributed by atoms with Gasteiger partial charge >= 0.3 is 5.97 Å². The average molecular weight is 326 g/mol. The summed E-state index contributed by atoms with van der Waals surface area (Å²) in [7, 11) is 0. The van der Waals surface area contributed by atoms with Gasteiger partial charge in [-0.15, -0.1) is 0 Å². The lowest BCUT2D eigenvalue weighted by Crippen LogP contribution is -2.45. The highest BCUT2D eigenvalue weighted by Gasteiger charge is 2.56. The molecule has 4 atom stereocenters. The third-order valence-electron chi connectivity index (χ3n) is 5.18. The van der Waals surface area contributed by atoms with E-state index in [1.807, 2.05) is 37.3 Å². The monoisotopic (exact) mass is 326 g/mol. The molecular formula is C20H26N2O2. The lowest BCUT2D eigenvalue weighted by Gasteiger charge is -2.46. The Kier molecular flexibility index (Phi) is 5.80.